The molecular weight excluding hydrogens is 401 g/mol. The number of benzene rings is 3. The maximum atomic E-state index is 10.6. The van der Waals surface area contributed by atoms with Crippen LogP contribution in [0.4, 0.5) is 0 Å². The molecule has 0 aliphatic carbocycles. The van der Waals surface area contributed by atoms with Gasteiger partial charge < -0.3 is 19.9 Å². The molecular formula is C26H32BNO4. The third-order valence-electron chi connectivity index (χ3n) is 5.77. The highest BCUT2D eigenvalue weighted by Gasteiger charge is 2.29. The van der Waals surface area contributed by atoms with Crippen molar-refractivity contribution >= 4 is 12.6 Å². The van der Waals surface area contributed by atoms with Gasteiger partial charge in [0.25, 0.3) is 0 Å². The van der Waals surface area contributed by atoms with E-state index in [0.29, 0.717) is 25.0 Å². The first-order valence-corrected chi connectivity index (χ1v) is 11.1. The van der Waals surface area contributed by atoms with Crippen LogP contribution in [0.5, 0.6) is 0 Å². The van der Waals surface area contributed by atoms with Gasteiger partial charge in [0.15, 0.2) is 6.29 Å². The fourth-order valence-corrected chi connectivity index (χ4v) is 4.08. The van der Waals surface area contributed by atoms with Crippen LogP contribution in [0.3, 0.4) is 0 Å². The molecule has 3 N–H and O–H groups in total. The average Bonchev–Trinajstić information content (AvgIpc) is 2.82. The third-order valence-corrected chi connectivity index (χ3v) is 5.77. The number of rotatable bonds is 11. The van der Waals surface area contributed by atoms with Crippen molar-refractivity contribution in [1.82, 2.24) is 4.90 Å². The Balaban J connectivity index is 2.05. The maximum Gasteiger partial charge on any atom is 0.488 e. The van der Waals surface area contributed by atoms with Gasteiger partial charge in [0.05, 0.1) is 0 Å². The number of hydrogen-bond donors (Lipinski definition) is 3. The fourth-order valence-electron chi connectivity index (χ4n) is 4.08. The van der Waals surface area contributed by atoms with E-state index in [-0.39, 0.29) is 12.1 Å². The molecule has 0 heterocycles. The van der Waals surface area contributed by atoms with Crippen LogP contribution in [0, 0.1) is 0 Å². The molecule has 32 heavy (non-hydrogen) atoms. The summed E-state index contributed by atoms with van der Waals surface area (Å²) in [7, 11) is -1.55. The largest absolute Gasteiger partial charge is 0.488 e. The van der Waals surface area contributed by atoms with E-state index in [9.17, 15) is 15.2 Å². The topological polar surface area (TPSA) is 73.2 Å². The molecule has 0 radical (unpaired) electrons. The van der Waals surface area contributed by atoms with Gasteiger partial charge in [-0.15, -0.1) is 0 Å². The van der Waals surface area contributed by atoms with Gasteiger partial charge in [-0.2, -0.15) is 0 Å². The molecule has 0 bridgehead atoms. The Hall–Kier alpha value is -2.48. The monoisotopic (exact) mass is 433 g/mol. The van der Waals surface area contributed by atoms with Crippen LogP contribution in [-0.4, -0.2) is 40.1 Å². The van der Waals surface area contributed by atoms with Crippen molar-refractivity contribution in [2.24, 2.45) is 0 Å². The van der Waals surface area contributed by atoms with E-state index < -0.39 is 13.4 Å². The zero-order valence-electron chi connectivity index (χ0n) is 18.7. The first kappa shape index (κ1) is 24.2. The zero-order chi connectivity index (χ0) is 22.9. The van der Waals surface area contributed by atoms with E-state index >= 15 is 0 Å². The SMILES string of the molecule is CCO[C@H](O)CC(c1cccc(B(O)O)c1)N(Cc1ccccc1)[C@H](C)c1ccccc1. The second-order valence-electron chi connectivity index (χ2n) is 7.95. The lowest BCUT2D eigenvalue weighted by atomic mass is 9.78. The van der Waals surface area contributed by atoms with Crippen molar-refractivity contribution in [3.05, 3.63) is 102 Å². The first-order valence-electron chi connectivity index (χ1n) is 11.1. The van der Waals surface area contributed by atoms with Gasteiger partial charge in [-0.1, -0.05) is 84.9 Å². The summed E-state index contributed by atoms with van der Waals surface area (Å²) in [5.41, 5.74) is 3.64. The number of nitrogens with zero attached hydrogens (tertiary/aromatic N) is 1. The third kappa shape index (κ3) is 6.51. The van der Waals surface area contributed by atoms with Crippen LogP contribution in [0.25, 0.3) is 0 Å². The van der Waals surface area contributed by atoms with Gasteiger partial charge in [-0.05, 0) is 36.0 Å². The minimum absolute atomic E-state index is 0.0398. The van der Waals surface area contributed by atoms with Gasteiger partial charge in [-0.3, -0.25) is 4.90 Å². The summed E-state index contributed by atoms with van der Waals surface area (Å²) in [6, 6.07) is 27.6. The standard InChI is InChI=1S/C26H32BNO4/c1-3-32-26(29)18-25(23-15-10-16-24(17-23)27(30)31)28(19-21-11-6-4-7-12-21)20(2)22-13-8-5-9-14-22/h4-17,20,25-26,29-31H,3,18-19H2,1-2H3/t20-,25?,26+/m1/s1. The van der Waals surface area contributed by atoms with Crippen LogP contribution in [0.1, 0.15) is 49.0 Å². The van der Waals surface area contributed by atoms with Crippen LogP contribution in [0.2, 0.25) is 0 Å². The highest BCUT2D eigenvalue weighted by Crippen LogP contribution is 2.35. The Labute approximate surface area is 191 Å². The second kappa shape index (κ2) is 12.0. The molecule has 3 aromatic carbocycles. The molecule has 0 saturated carbocycles. The highest BCUT2D eigenvalue weighted by atomic mass is 16.6. The molecule has 168 valence electrons. The molecule has 0 aliphatic rings. The molecule has 0 saturated heterocycles. The first-order chi connectivity index (χ1) is 15.5. The van der Waals surface area contributed by atoms with Crippen molar-refractivity contribution < 1.29 is 19.9 Å². The van der Waals surface area contributed by atoms with E-state index in [1.54, 1.807) is 12.1 Å². The van der Waals surface area contributed by atoms with Crippen LogP contribution < -0.4 is 5.46 Å². The predicted molar refractivity (Wildman–Crippen MR) is 128 cm³/mol. The summed E-state index contributed by atoms with van der Waals surface area (Å²) in [6.45, 7) is 5.08. The molecule has 1 unspecified atom stereocenters. The van der Waals surface area contributed by atoms with Crippen molar-refractivity contribution in [3.8, 4) is 0 Å². The van der Waals surface area contributed by atoms with E-state index in [0.717, 1.165) is 16.7 Å². The molecule has 3 atom stereocenters. The number of aliphatic hydroxyl groups excluding tert-OH is 1. The molecule has 3 aromatic rings. The van der Waals surface area contributed by atoms with Crippen molar-refractivity contribution in [3.63, 3.8) is 0 Å². The highest BCUT2D eigenvalue weighted by molar-refractivity contribution is 6.58. The Morgan fingerprint density at radius 3 is 2.12 bits per heavy atom. The Kier molecular flexibility index (Phi) is 9.03. The van der Waals surface area contributed by atoms with E-state index in [1.807, 2.05) is 55.5 Å². The number of aliphatic hydroxyl groups is 1. The molecule has 0 amide bonds. The lowest BCUT2D eigenvalue weighted by Gasteiger charge is -2.38. The summed E-state index contributed by atoms with van der Waals surface area (Å²) in [4.78, 5) is 2.33. The smallest absolute Gasteiger partial charge is 0.423 e. The van der Waals surface area contributed by atoms with Crippen molar-refractivity contribution in [2.75, 3.05) is 6.61 Å². The Morgan fingerprint density at radius 1 is 0.875 bits per heavy atom. The average molecular weight is 433 g/mol. The molecule has 0 aliphatic heterocycles. The summed E-state index contributed by atoms with van der Waals surface area (Å²) >= 11 is 0. The molecule has 6 heteroatoms. The van der Waals surface area contributed by atoms with Crippen LogP contribution in [0.15, 0.2) is 84.9 Å². The van der Waals surface area contributed by atoms with Gasteiger partial charge >= 0.3 is 7.12 Å². The molecule has 0 spiro atoms. The van der Waals surface area contributed by atoms with E-state index in [1.165, 1.54) is 0 Å². The number of ether oxygens (including phenoxy) is 1. The zero-order valence-corrected chi connectivity index (χ0v) is 18.7. The predicted octanol–water partition coefficient (Wildman–Crippen LogP) is 3.42. The maximum absolute atomic E-state index is 10.6. The quantitative estimate of drug-likeness (QED) is 0.319. The van der Waals surface area contributed by atoms with Crippen molar-refractivity contribution in [1.29, 1.82) is 0 Å². The number of hydrogen-bond acceptors (Lipinski definition) is 5. The Bertz CT molecular complexity index is 939. The molecule has 0 fully saturated rings. The Morgan fingerprint density at radius 2 is 1.50 bits per heavy atom. The fraction of sp³-hybridized carbons (Fsp3) is 0.308. The van der Waals surface area contributed by atoms with Gasteiger partial charge in [0.2, 0.25) is 0 Å². The molecule has 0 aromatic heterocycles. The van der Waals surface area contributed by atoms with Gasteiger partial charge in [0, 0.05) is 31.7 Å². The van der Waals surface area contributed by atoms with Crippen LogP contribution in [-0.2, 0) is 11.3 Å². The molecule has 5 nitrogen and oxygen atoms in total. The van der Waals surface area contributed by atoms with Gasteiger partial charge in [0.1, 0.15) is 0 Å². The van der Waals surface area contributed by atoms with Gasteiger partial charge in [-0.25, -0.2) is 0 Å². The molecule has 3 rings (SSSR count). The lowest BCUT2D eigenvalue weighted by molar-refractivity contribution is -0.113. The van der Waals surface area contributed by atoms with E-state index in [4.69, 9.17) is 4.74 Å². The summed E-state index contributed by atoms with van der Waals surface area (Å²) < 4.78 is 5.49. The normalized spacial score (nSPS) is 14.2. The summed E-state index contributed by atoms with van der Waals surface area (Å²) in [5.74, 6) is 0. The second-order valence-corrected chi connectivity index (χ2v) is 7.95. The van der Waals surface area contributed by atoms with Crippen LogP contribution >= 0.6 is 0 Å². The summed E-state index contributed by atoms with van der Waals surface area (Å²) in [5, 5.41) is 30.0. The minimum Gasteiger partial charge on any atom is -0.423 e. The minimum atomic E-state index is -1.55. The van der Waals surface area contributed by atoms with Crippen molar-refractivity contribution in [2.45, 2.75) is 45.2 Å². The van der Waals surface area contributed by atoms with E-state index in [2.05, 4.69) is 36.1 Å². The summed E-state index contributed by atoms with van der Waals surface area (Å²) in [6.07, 6.45) is -0.586. The lowest BCUT2D eigenvalue weighted by Crippen LogP contribution is -2.36.